The minimum atomic E-state index is -1.75. The molecule has 0 spiro atoms. The van der Waals surface area contributed by atoms with Crippen molar-refractivity contribution in [3.8, 4) is 0 Å². The molecular formula is C13H12FN3S. The van der Waals surface area contributed by atoms with Crippen LogP contribution in [-0.4, -0.2) is 9.55 Å². The van der Waals surface area contributed by atoms with E-state index in [2.05, 4.69) is 22.9 Å². The van der Waals surface area contributed by atoms with Gasteiger partial charge in [-0.3, -0.25) is 4.57 Å². The Hall–Kier alpha value is -1.75. The van der Waals surface area contributed by atoms with E-state index in [1.165, 1.54) is 16.8 Å². The topological polar surface area (TPSA) is 29.9 Å². The summed E-state index contributed by atoms with van der Waals surface area (Å²) in [6.45, 7) is 1.94. The van der Waals surface area contributed by atoms with Crippen molar-refractivity contribution in [2.45, 2.75) is 17.9 Å². The molecule has 0 radical (unpaired) electrons. The van der Waals surface area contributed by atoms with Gasteiger partial charge < -0.3 is 5.32 Å². The summed E-state index contributed by atoms with van der Waals surface area (Å²) < 4.78 is 16.7. The van der Waals surface area contributed by atoms with E-state index in [4.69, 9.17) is 0 Å². The predicted octanol–water partition coefficient (Wildman–Crippen LogP) is 2.68. The highest BCUT2D eigenvalue weighted by Gasteiger charge is 2.38. The van der Waals surface area contributed by atoms with Crippen molar-refractivity contribution in [1.29, 1.82) is 0 Å². The highest BCUT2D eigenvalue weighted by molar-refractivity contribution is 7.80. The maximum atomic E-state index is 15.3. The standard InChI is InChI=1S/C13H12FN3S/c1-9-4-5-10-11(16-9)3-2-6-13(10,14)17-8-7-15-12(17)18/h2-8,16H,1H3,(H,15,18). The lowest BCUT2D eigenvalue weighted by molar-refractivity contribution is 0.168. The number of rotatable bonds is 1. The third kappa shape index (κ3) is 1.54. The molecule has 1 aromatic heterocycles. The Labute approximate surface area is 110 Å². The summed E-state index contributed by atoms with van der Waals surface area (Å²) >= 11 is 4.18. The molecule has 1 aliphatic carbocycles. The molecule has 0 aromatic carbocycles. The van der Waals surface area contributed by atoms with Crippen LogP contribution in [0.2, 0.25) is 0 Å². The number of aromatic nitrogens is 2. The first-order valence-corrected chi connectivity index (χ1v) is 6.04. The van der Waals surface area contributed by atoms with Crippen LogP contribution in [0.25, 0.3) is 0 Å². The number of halogens is 1. The highest BCUT2D eigenvalue weighted by atomic mass is 32.1. The number of hydrogen-bond donors (Lipinski definition) is 2. The fourth-order valence-electron chi connectivity index (χ4n) is 2.18. The number of thiol groups is 1. The first-order chi connectivity index (χ1) is 8.61. The quantitative estimate of drug-likeness (QED) is 0.761. The van der Waals surface area contributed by atoms with Crippen molar-refractivity contribution in [3.63, 3.8) is 0 Å². The molecule has 3 rings (SSSR count). The minimum Gasteiger partial charge on any atom is -0.359 e. The van der Waals surface area contributed by atoms with Crippen molar-refractivity contribution in [3.05, 3.63) is 59.7 Å². The van der Waals surface area contributed by atoms with Gasteiger partial charge in [-0.05, 0) is 31.2 Å². The molecule has 0 saturated carbocycles. The number of nitrogens with one attached hydrogen (secondary N) is 1. The Morgan fingerprint density at radius 3 is 2.94 bits per heavy atom. The Morgan fingerprint density at radius 2 is 2.22 bits per heavy atom. The number of nitrogens with zero attached hydrogens (tertiary/aromatic N) is 2. The van der Waals surface area contributed by atoms with Crippen molar-refractivity contribution in [2.75, 3.05) is 0 Å². The average Bonchev–Trinajstić information content (AvgIpc) is 2.76. The van der Waals surface area contributed by atoms with Gasteiger partial charge in [-0.15, -0.1) is 12.6 Å². The first-order valence-electron chi connectivity index (χ1n) is 5.59. The van der Waals surface area contributed by atoms with Crippen LogP contribution in [0.15, 0.2) is 64.9 Å². The fourth-order valence-corrected chi connectivity index (χ4v) is 2.46. The van der Waals surface area contributed by atoms with E-state index < -0.39 is 5.79 Å². The van der Waals surface area contributed by atoms with Crippen LogP contribution >= 0.6 is 12.6 Å². The van der Waals surface area contributed by atoms with Crippen molar-refractivity contribution in [2.24, 2.45) is 0 Å². The second-order valence-corrected chi connectivity index (χ2v) is 4.67. The smallest absolute Gasteiger partial charge is 0.235 e. The Kier molecular flexibility index (Phi) is 2.45. The molecule has 1 aliphatic heterocycles. The third-order valence-corrected chi connectivity index (χ3v) is 3.38. The lowest BCUT2D eigenvalue weighted by Gasteiger charge is -2.33. The highest BCUT2D eigenvalue weighted by Crippen LogP contribution is 2.39. The largest absolute Gasteiger partial charge is 0.359 e. The summed E-state index contributed by atoms with van der Waals surface area (Å²) in [5.41, 5.74) is 2.31. The second-order valence-electron chi connectivity index (χ2n) is 4.27. The molecule has 0 bridgehead atoms. The van der Waals surface area contributed by atoms with Gasteiger partial charge in [0.05, 0.1) is 0 Å². The van der Waals surface area contributed by atoms with Gasteiger partial charge in [0.15, 0.2) is 5.16 Å². The van der Waals surface area contributed by atoms with E-state index >= 15 is 4.39 Å². The van der Waals surface area contributed by atoms with Crippen LogP contribution in [0.4, 0.5) is 4.39 Å². The molecule has 0 fully saturated rings. The molecule has 1 N–H and O–H groups in total. The third-order valence-electron chi connectivity index (χ3n) is 3.05. The maximum Gasteiger partial charge on any atom is 0.235 e. The predicted molar refractivity (Wildman–Crippen MR) is 70.8 cm³/mol. The summed E-state index contributed by atoms with van der Waals surface area (Å²) in [6, 6.07) is 0. The SMILES string of the molecule is CC1=CC=C2C(=CC=CC2(F)n2ccnc2S)N1. The Bertz CT molecular complexity index is 624. The Morgan fingerprint density at radius 1 is 1.39 bits per heavy atom. The number of hydrogen-bond acceptors (Lipinski definition) is 3. The molecule has 2 heterocycles. The van der Waals surface area contributed by atoms with Gasteiger partial charge >= 0.3 is 0 Å². The number of dihydropyridines is 1. The zero-order chi connectivity index (χ0) is 12.8. The zero-order valence-corrected chi connectivity index (χ0v) is 10.7. The molecule has 3 nitrogen and oxygen atoms in total. The normalized spacial score (nSPS) is 25.8. The molecular weight excluding hydrogens is 249 g/mol. The molecule has 0 amide bonds. The van der Waals surface area contributed by atoms with Crippen molar-refractivity contribution >= 4 is 12.6 Å². The first kappa shape index (κ1) is 11.3. The van der Waals surface area contributed by atoms with E-state index in [0.717, 1.165) is 11.4 Å². The van der Waals surface area contributed by atoms with Crippen LogP contribution in [0.3, 0.4) is 0 Å². The summed E-state index contributed by atoms with van der Waals surface area (Å²) in [6.07, 6.45) is 11.8. The number of imidazole rings is 1. The van der Waals surface area contributed by atoms with Gasteiger partial charge in [-0.2, -0.15) is 0 Å². The lowest BCUT2D eigenvalue weighted by Crippen LogP contribution is -2.35. The second kappa shape index (κ2) is 3.88. The van der Waals surface area contributed by atoms with E-state index in [9.17, 15) is 0 Å². The van der Waals surface area contributed by atoms with Crippen LogP contribution in [0, 0.1) is 0 Å². The maximum absolute atomic E-state index is 15.3. The van der Waals surface area contributed by atoms with Crippen LogP contribution < -0.4 is 5.32 Å². The van der Waals surface area contributed by atoms with E-state index in [1.54, 1.807) is 18.3 Å². The zero-order valence-electron chi connectivity index (χ0n) is 9.76. The van der Waals surface area contributed by atoms with Gasteiger partial charge in [0, 0.05) is 29.4 Å². The number of allylic oxidation sites excluding steroid dienone is 7. The average molecular weight is 261 g/mol. The summed E-state index contributed by atoms with van der Waals surface area (Å²) in [7, 11) is 0. The molecule has 92 valence electrons. The summed E-state index contributed by atoms with van der Waals surface area (Å²) in [5.74, 6) is -1.75. The van der Waals surface area contributed by atoms with E-state index in [-0.39, 0.29) is 0 Å². The van der Waals surface area contributed by atoms with Crippen molar-refractivity contribution < 1.29 is 4.39 Å². The van der Waals surface area contributed by atoms with Gasteiger partial charge in [0.25, 0.3) is 0 Å². The Balaban J connectivity index is 2.16. The van der Waals surface area contributed by atoms with Crippen molar-refractivity contribution in [1.82, 2.24) is 14.9 Å². The van der Waals surface area contributed by atoms with Crippen LogP contribution in [0.1, 0.15) is 6.92 Å². The summed E-state index contributed by atoms with van der Waals surface area (Å²) in [5, 5.41) is 3.50. The monoisotopic (exact) mass is 261 g/mol. The van der Waals surface area contributed by atoms with Gasteiger partial charge in [0.2, 0.25) is 5.79 Å². The molecule has 1 aromatic rings. The van der Waals surface area contributed by atoms with E-state index in [1.807, 2.05) is 19.1 Å². The van der Waals surface area contributed by atoms with E-state index in [0.29, 0.717) is 10.7 Å². The lowest BCUT2D eigenvalue weighted by atomic mass is 9.93. The molecule has 18 heavy (non-hydrogen) atoms. The summed E-state index contributed by atoms with van der Waals surface area (Å²) in [4.78, 5) is 3.96. The number of alkyl halides is 1. The van der Waals surface area contributed by atoms with Crippen LogP contribution in [0.5, 0.6) is 0 Å². The molecule has 2 aliphatic rings. The molecule has 0 saturated heterocycles. The molecule has 1 unspecified atom stereocenters. The van der Waals surface area contributed by atoms with Gasteiger partial charge in [0.1, 0.15) is 0 Å². The fraction of sp³-hybridized carbons (Fsp3) is 0.154. The van der Waals surface area contributed by atoms with Gasteiger partial charge in [-0.1, -0.05) is 6.08 Å². The molecule has 5 heteroatoms. The number of fused-ring (bicyclic) bond motifs is 1. The van der Waals surface area contributed by atoms with Crippen LogP contribution in [-0.2, 0) is 5.79 Å². The van der Waals surface area contributed by atoms with Gasteiger partial charge in [-0.25, -0.2) is 9.37 Å². The minimum absolute atomic E-state index is 0.343. The molecule has 1 atom stereocenters.